The molecule has 0 aromatic heterocycles. The fourth-order valence-corrected chi connectivity index (χ4v) is 1.82. The van der Waals surface area contributed by atoms with Crippen molar-refractivity contribution in [3.8, 4) is 0 Å². The third-order valence-electron chi connectivity index (χ3n) is 1.63. The fourth-order valence-electron chi connectivity index (χ4n) is 0.949. The molecule has 2 heteroatoms. The van der Waals surface area contributed by atoms with E-state index < -0.39 is 0 Å². The van der Waals surface area contributed by atoms with Crippen molar-refractivity contribution in [1.82, 2.24) is 0 Å². The van der Waals surface area contributed by atoms with E-state index in [0.717, 1.165) is 23.5 Å². The highest BCUT2D eigenvalue weighted by Gasteiger charge is 1.93. The fraction of sp³-hybridized carbons (Fsp3) is 0.273. The van der Waals surface area contributed by atoms with Gasteiger partial charge in [-0.1, -0.05) is 6.08 Å². The summed E-state index contributed by atoms with van der Waals surface area (Å²) in [5.74, 6) is 0.896. The molecule has 0 aliphatic heterocycles. The predicted molar refractivity (Wildman–Crippen MR) is 56.6 cm³/mol. The average Bonchev–Trinajstić information content (AvgIpc) is 2.15. The van der Waals surface area contributed by atoms with Gasteiger partial charge in [-0.2, -0.15) is 0 Å². The van der Waals surface area contributed by atoms with E-state index in [2.05, 4.69) is 6.58 Å². The van der Waals surface area contributed by atoms with Crippen LogP contribution in [-0.4, -0.2) is 5.75 Å². The van der Waals surface area contributed by atoms with Crippen molar-refractivity contribution in [2.45, 2.75) is 17.7 Å². The summed E-state index contributed by atoms with van der Waals surface area (Å²) in [6.07, 6.45) is 4.10. The Balaban J connectivity index is 2.28. The van der Waals surface area contributed by atoms with Crippen molar-refractivity contribution in [2.75, 3.05) is 5.75 Å². The van der Waals surface area contributed by atoms with Crippen LogP contribution < -0.4 is 0 Å². The summed E-state index contributed by atoms with van der Waals surface area (Å²) in [6.45, 7) is 3.66. The molecule has 13 heavy (non-hydrogen) atoms. The quantitative estimate of drug-likeness (QED) is 0.391. The molecule has 0 nitrogen and oxygen atoms in total. The molecule has 0 aliphatic rings. The van der Waals surface area contributed by atoms with Gasteiger partial charge in [-0.15, -0.1) is 18.3 Å². The first-order chi connectivity index (χ1) is 6.33. The van der Waals surface area contributed by atoms with Gasteiger partial charge in [0.15, 0.2) is 0 Å². The first-order valence-electron chi connectivity index (χ1n) is 4.32. The van der Waals surface area contributed by atoms with E-state index >= 15 is 0 Å². The first-order valence-corrected chi connectivity index (χ1v) is 5.31. The Labute approximate surface area is 82.9 Å². The van der Waals surface area contributed by atoms with Gasteiger partial charge in [0.25, 0.3) is 0 Å². The number of unbranched alkanes of at least 4 members (excludes halogenated alkanes) is 1. The van der Waals surface area contributed by atoms with Crippen molar-refractivity contribution >= 4 is 11.8 Å². The molecule has 0 fully saturated rings. The first kappa shape index (κ1) is 10.3. The molecule has 1 rings (SSSR count). The molecule has 0 bridgehead atoms. The van der Waals surface area contributed by atoms with Crippen LogP contribution in [-0.2, 0) is 0 Å². The van der Waals surface area contributed by atoms with Gasteiger partial charge in [-0.25, -0.2) is 4.39 Å². The van der Waals surface area contributed by atoms with Crippen LogP contribution in [0.25, 0.3) is 0 Å². The van der Waals surface area contributed by atoms with Gasteiger partial charge < -0.3 is 0 Å². The van der Waals surface area contributed by atoms with Crippen molar-refractivity contribution in [3.63, 3.8) is 0 Å². The standard InChI is InChI=1S/C11H13FS/c1-2-3-4-9-13-11-7-5-10(12)6-8-11/h2,5-8H,1,3-4,9H2. The molecule has 0 saturated heterocycles. The molecule has 1 aromatic rings. The van der Waals surface area contributed by atoms with Crippen molar-refractivity contribution < 1.29 is 4.39 Å². The van der Waals surface area contributed by atoms with Gasteiger partial charge in [0, 0.05) is 4.90 Å². The third-order valence-corrected chi connectivity index (χ3v) is 2.73. The van der Waals surface area contributed by atoms with Crippen molar-refractivity contribution in [2.24, 2.45) is 0 Å². The number of thioether (sulfide) groups is 1. The second-order valence-electron chi connectivity index (χ2n) is 2.73. The van der Waals surface area contributed by atoms with Gasteiger partial charge in [-0.3, -0.25) is 0 Å². The lowest BCUT2D eigenvalue weighted by molar-refractivity contribution is 0.626. The van der Waals surface area contributed by atoms with Crippen molar-refractivity contribution in [1.29, 1.82) is 0 Å². The monoisotopic (exact) mass is 196 g/mol. The predicted octanol–water partition coefficient (Wildman–Crippen LogP) is 3.88. The largest absolute Gasteiger partial charge is 0.207 e. The van der Waals surface area contributed by atoms with Crippen LogP contribution in [0.1, 0.15) is 12.8 Å². The topological polar surface area (TPSA) is 0 Å². The van der Waals surface area contributed by atoms with E-state index in [1.165, 1.54) is 12.1 Å². The zero-order valence-electron chi connectivity index (χ0n) is 7.50. The maximum atomic E-state index is 12.5. The minimum Gasteiger partial charge on any atom is -0.207 e. The van der Waals surface area contributed by atoms with Crippen LogP contribution in [0.3, 0.4) is 0 Å². The van der Waals surface area contributed by atoms with Crippen LogP contribution in [0.4, 0.5) is 4.39 Å². The third kappa shape index (κ3) is 4.13. The number of hydrogen-bond donors (Lipinski definition) is 0. The lowest BCUT2D eigenvalue weighted by Crippen LogP contribution is -1.79. The highest BCUT2D eigenvalue weighted by Crippen LogP contribution is 2.19. The molecule has 0 saturated carbocycles. The molecule has 0 atom stereocenters. The summed E-state index contributed by atoms with van der Waals surface area (Å²) in [4.78, 5) is 1.13. The lowest BCUT2D eigenvalue weighted by atomic mass is 10.3. The summed E-state index contributed by atoms with van der Waals surface area (Å²) in [6, 6.07) is 6.62. The minimum atomic E-state index is -0.171. The van der Waals surface area contributed by atoms with Crippen LogP contribution >= 0.6 is 11.8 Å². The van der Waals surface area contributed by atoms with Crippen molar-refractivity contribution in [3.05, 3.63) is 42.7 Å². The Morgan fingerprint density at radius 1 is 1.31 bits per heavy atom. The number of halogens is 1. The molecule has 0 amide bonds. The summed E-state index contributed by atoms with van der Waals surface area (Å²) >= 11 is 1.75. The summed E-state index contributed by atoms with van der Waals surface area (Å²) in [5.41, 5.74) is 0. The Bertz CT molecular complexity index is 253. The van der Waals surface area contributed by atoms with Gasteiger partial charge in [-0.05, 0) is 42.9 Å². The van der Waals surface area contributed by atoms with E-state index in [4.69, 9.17) is 0 Å². The smallest absolute Gasteiger partial charge is 0.123 e. The molecule has 0 radical (unpaired) electrons. The van der Waals surface area contributed by atoms with Crippen LogP contribution in [0.15, 0.2) is 41.8 Å². The SMILES string of the molecule is C=CCCCSc1ccc(F)cc1. The molecule has 0 spiro atoms. The Morgan fingerprint density at radius 2 is 2.00 bits per heavy atom. The molecule has 1 aromatic carbocycles. The zero-order chi connectivity index (χ0) is 9.52. The van der Waals surface area contributed by atoms with E-state index in [0.29, 0.717) is 0 Å². The Morgan fingerprint density at radius 3 is 2.62 bits per heavy atom. The lowest BCUT2D eigenvalue weighted by Gasteiger charge is -1.99. The second-order valence-corrected chi connectivity index (χ2v) is 3.90. The molecular weight excluding hydrogens is 183 g/mol. The molecule has 70 valence electrons. The maximum absolute atomic E-state index is 12.5. The number of rotatable bonds is 5. The summed E-state index contributed by atoms with van der Waals surface area (Å²) < 4.78 is 12.5. The van der Waals surface area contributed by atoms with E-state index in [1.807, 2.05) is 18.2 Å². The van der Waals surface area contributed by atoms with Gasteiger partial charge in [0.1, 0.15) is 5.82 Å². The molecular formula is C11H13FS. The highest BCUT2D eigenvalue weighted by atomic mass is 32.2. The molecule has 0 N–H and O–H groups in total. The van der Waals surface area contributed by atoms with Crippen LogP contribution in [0, 0.1) is 5.82 Å². The number of allylic oxidation sites excluding steroid dienone is 1. The summed E-state index contributed by atoms with van der Waals surface area (Å²) in [7, 11) is 0. The Hall–Kier alpha value is -0.760. The number of hydrogen-bond acceptors (Lipinski definition) is 1. The van der Waals surface area contributed by atoms with Gasteiger partial charge in [0.05, 0.1) is 0 Å². The Kier molecular flexibility index (Phi) is 4.61. The number of benzene rings is 1. The summed E-state index contributed by atoms with van der Waals surface area (Å²) in [5, 5.41) is 0. The van der Waals surface area contributed by atoms with Gasteiger partial charge in [0.2, 0.25) is 0 Å². The second kappa shape index (κ2) is 5.81. The van der Waals surface area contributed by atoms with E-state index in [1.54, 1.807) is 11.8 Å². The molecule has 0 unspecified atom stereocenters. The molecule has 0 heterocycles. The normalized spacial score (nSPS) is 9.92. The van der Waals surface area contributed by atoms with Crippen LogP contribution in [0.2, 0.25) is 0 Å². The zero-order valence-corrected chi connectivity index (χ0v) is 8.32. The maximum Gasteiger partial charge on any atom is 0.123 e. The van der Waals surface area contributed by atoms with Crippen LogP contribution in [0.5, 0.6) is 0 Å². The van der Waals surface area contributed by atoms with E-state index in [9.17, 15) is 4.39 Å². The highest BCUT2D eigenvalue weighted by molar-refractivity contribution is 7.99. The average molecular weight is 196 g/mol. The minimum absolute atomic E-state index is 0.171. The van der Waals surface area contributed by atoms with Gasteiger partial charge >= 0.3 is 0 Å². The molecule has 0 aliphatic carbocycles. The van der Waals surface area contributed by atoms with E-state index in [-0.39, 0.29) is 5.82 Å².